The molecule has 1 heterocycles. The Morgan fingerprint density at radius 1 is 0.932 bits per heavy atom. The molecule has 0 bridgehead atoms. The molecule has 0 fully saturated rings. The number of nitrogens with one attached hydrogen (secondary N) is 2. The number of halogens is 1. The van der Waals surface area contributed by atoms with Gasteiger partial charge in [-0.15, -0.1) is 10.2 Å². The molecular formula is C30H33BrN6O5S2. The molecule has 44 heavy (non-hydrogen) atoms. The maximum atomic E-state index is 13.0. The van der Waals surface area contributed by atoms with Crippen molar-refractivity contribution >= 4 is 55.2 Å². The average Bonchev–Trinajstić information content (AvgIpc) is 3.43. The summed E-state index contributed by atoms with van der Waals surface area (Å²) < 4.78 is 35.0. The van der Waals surface area contributed by atoms with Crippen LogP contribution in [0.15, 0.2) is 87.3 Å². The summed E-state index contributed by atoms with van der Waals surface area (Å²) >= 11 is 4.66. The molecular weight excluding hydrogens is 668 g/mol. The fourth-order valence-electron chi connectivity index (χ4n) is 4.24. The summed E-state index contributed by atoms with van der Waals surface area (Å²) in [6.07, 6.45) is 0. The van der Waals surface area contributed by atoms with Gasteiger partial charge in [0.05, 0.1) is 23.8 Å². The van der Waals surface area contributed by atoms with Crippen LogP contribution >= 0.6 is 27.7 Å². The zero-order valence-electron chi connectivity index (χ0n) is 24.5. The van der Waals surface area contributed by atoms with Crippen molar-refractivity contribution in [3.05, 3.63) is 88.7 Å². The Labute approximate surface area is 269 Å². The number of aromatic nitrogens is 3. The summed E-state index contributed by atoms with van der Waals surface area (Å²) in [5.74, 6) is 0.645. The van der Waals surface area contributed by atoms with Crippen LogP contribution in [0, 0.1) is 0 Å². The number of ether oxygens (including phenoxy) is 1. The highest BCUT2D eigenvalue weighted by Gasteiger charge is 2.22. The van der Waals surface area contributed by atoms with E-state index in [4.69, 9.17) is 4.74 Å². The first kappa shape index (κ1) is 33.2. The zero-order chi connectivity index (χ0) is 31.7. The number of thioether (sulfide) groups is 1. The number of nitrogens with zero attached hydrogens (tertiary/aromatic N) is 4. The lowest BCUT2D eigenvalue weighted by Gasteiger charge is -2.18. The summed E-state index contributed by atoms with van der Waals surface area (Å²) in [7, 11) is -3.63. The van der Waals surface area contributed by atoms with E-state index in [9.17, 15) is 18.0 Å². The van der Waals surface area contributed by atoms with E-state index in [0.29, 0.717) is 41.9 Å². The van der Waals surface area contributed by atoms with Gasteiger partial charge in [0.15, 0.2) is 11.0 Å². The molecule has 11 nitrogen and oxygen atoms in total. The minimum Gasteiger partial charge on any atom is -0.494 e. The predicted octanol–water partition coefficient (Wildman–Crippen LogP) is 5.12. The third kappa shape index (κ3) is 8.25. The molecule has 0 atom stereocenters. The van der Waals surface area contributed by atoms with Gasteiger partial charge in [0.2, 0.25) is 15.9 Å². The number of benzene rings is 3. The van der Waals surface area contributed by atoms with E-state index in [1.54, 1.807) is 42.7 Å². The molecule has 3 aromatic carbocycles. The number of rotatable bonds is 14. The molecule has 1 aromatic heterocycles. The van der Waals surface area contributed by atoms with Gasteiger partial charge in [0.1, 0.15) is 5.75 Å². The van der Waals surface area contributed by atoms with Crippen LogP contribution in [-0.2, 0) is 21.4 Å². The van der Waals surface area contributed by atoms with E-state index >= 15 is 0 Å². The standard InChI is InChI=1S/C30H33BrN6O5S2/c1-4-36(5-2)44(40,41)26-17-7-21(8-18-26)29(39)32-19-27-34-35-30(37(27)24-13-9-22(31)10-14-24)43-20-28(38)33-23-11-15-25(16-12-23)42-6-3/h7-18H,4-6,19-20H2,1-3H3,(H,32,39)(H,33,38). The summed E-state index contributed by atoms with van der Waals surface area (Å²) in [5.41, 5.74) is 1.71. The van der Waals surface area contributed by atoms with Crippen LogP contribution in [0.3, 0.4) is 0 Å². The first-order chi connectivity index (χ1) is 21.2. The molecule has 0 aliphatic carbocycles. The maximum absolute atomic E-state index is 13.0. The molecule has 0 aliphatic heterocycles. The lowest BCUT2D eigenvalue weighted by Crippen LogP contribution is -2.30. The Balaban J connectivity index is 1.45. The lowest BCUT2D eigenvalue weighted by molar-refractivity contribution is -0.113. The topological polar surface area (TPSA) is 136 Å². The van der Waals surface area contributed by atoms with Gasteiger partial charge in [-0.2, -0.15) is 4.31 Å². The van der Waals surface area contributed by atoms with Gasteiger partial charge < -0.3 is 15.4 Å². The highest BCUT2D eigenvalue weighted by Crippen LogP contribution is 2.24. The minimum atomic E-state index is -3.63. The molecule has 2 amide bonds. The van der Waals surface area contributed by atoms with Crippen molar-refractivity contribution in [3.8, 4) is 11.4 Å². The van der Waals surface area contributed by atoms with Gasteiger partial charge in [0.25, 0.3) is 5.91 Å². The van der Waals surface area contributed by atoms with E-state index < -0.39 is 15.9 Å². The predicted molar refractivity (Wildman–Crippen MR) is 174 cm³/mol. The van der Waals surface area contributed by atoms with Crippen molar-refractivity contribution in [2.75, 3.05) is 30.8 Å². The SMILES string of the molecule is CCOc1ccc(NC(=O)CSc2nnc(CNC(=O)c3ccc(S(=O)(=O)N(CC)CC)cc3)n2-c2ccc(Br)cc2)cc1. The second-order valence-electron chi connectivity index (χ2n) is 9.30. The molecule has 232 valence electrons. The molecule has 0 saturated carbocycles. The Morgan fingerprint density at radius 3 is 2.20 bits per heavy atom. The fourth-order valence-corrected chi connectivity index (χ4v) is 6.73. The Kier molecular flexibility index (Phi) is 11.6. The van der Waals surface area contributed by atoms with E-state index in [2.05, 4.69) is 36.8 Å². The molecule has 2 N–H and O–H groups in total. The molecule has 14 heteroatoms. The van der Waals surface area contributed by atoms with Gasteiger partial charge in [-0.05, 0) is 79.7 Å². The molecule has 0 radical (unpaired) electrons. The normalized spacial score (nSPS) is 11.4. The zero-order valence-corrected chi connectivity index (χ0v) is 27.7. The molecule has 0 aliphatic rings. The summed E-state index contributed by atoms with van der Waals surface area (Å²) in [6.45, 7) is 6.77. The van der Waals surface area contributed by atoms with Crippen molar-refractivity contribution in [1.29, 1.82) is 0 Å². The number of anilines is 1. The van der Waals surface area contributed by atoms with Gasteiger partial charge in [-0.1, -0.05) is 41.5 Å². The van der Waals surface area contributed by atoms with Crippen molar-refractivity contribution in [3.63, 3.8) is 0 Å². The van der Waals surface area contributed by atoms with Gasteiger partial charge in [0, 0.05) is 34.5 Å². The number of carbonyl (C=O) groups is 2. The smallest absolute Gasteiger partial charge is 0.251 e. The highest BCUT2D eigenvalue weighted by molar-refractivity contribution is 9.10. The second-order valence-corrected chi connectivity index (χ2v) is 13.1. The van der Waals surface area contributed by atoms with E-state index in [0.717, 1.165) is 15.9 Å². The van der Waals surface area contributed by atoms with Crippen LogP contribution in [0.5, 0.6) is 5.75 Å². The summed E-state index contributed by atoms with van der Waals surface area (Å²) in [4.78, 5) is 25.8. The van der Waals surface area contributed by atoms with Crippen LogP contribution in [0.25, 0.3) is 5.69 Å². The largest absolute Gasteiger partial charge is 0.494 e. The van der Waals surface area contributed by atoms with Gasteiger partial charge >= 0.3 is 0 Å². The van der Waals surface area contributed by atoms with Gasteiger partial charge in [-0.25, -0.2) is 8.42 Å². The van der Waals surface area contributed by atoms with Crippen LogP contribution < -0.4 is 15.4 Å². The van der Waals surface area contributed by atoms with Crippen molar-refractivity contribution in [2.45, 2.75) is 37.4 Å². The summed E-state index contributed by atoms with van der Waals surface area (Å²) in [5, 5.41) is 14.8. The van der Waals surface area contributed by atoms with Crippen LogP contribution in [0.1, 0.15) is 37.0 Å². The van der Waals surface area contributed by atoms with Crippen LogP contribution in [0.4, 0.5) is 5.69 Å². The highest BCUT2D eigenvalue weighted by atomic mass is 79.9. The van der Waals surface area contributed by atoms with E-state index in [1.165, 1.54) is 40.3 Å². The minimum absolute atomic E-state index is 0.0420. The molecule has 0 unspecified atom stereocenters. The Bertz CT molecular complexity index is 1670. The Hall–Kier alpha value is -3.72. The fraction of sp³-hybridized carbons (Fsp3) is 0.267. The third-order valence-electron chi connectivity index (χ3n) is 6.43. The van der Waals surface area contributed by atoms with Crippen molar-refractivity contribution in [2.24, 2.45) is 0 Å². The number of amides is 2. The molecule has 4 rings (SSSR count). The third-order valence-corrected chi connectivity index (χ3v) is 9.96. The number of sulfonamides is 1. The van der Waals surface area contributed by atoms with E-state index in [-0.39, 0.29) is 23.1 Å². The maximum Gasteiger partial charge on any atom is 0.251 e. The molecule has 4 aromatic rings. The number of hydrogen-bond acceptors (Lipinski definition) is 8. The monoisotopic (exact) mass is 700 g/mol. The Morgan fingerprint density at radius 2 is 1.59 bits per heavy atom. The first-order valence-electron chi connectivity index (χ1n) is 13.9. The first-order valence-corrected chi connectivity index (χ1v) is 17.1. The van der Waals surface area contributed by atoms with E-state index in [1.807, 2.05) is 31.2 Å². The number of hydrogen-bond donors (Lipinski definition) is 2. The number of carbonyl (C=O) groups excluding carboxylic acids is 2. The second kappa shape index (κ2) is 15.3. The van der Waals surface area contributed by atoms with Crippen LogP contribution in [0.2, 0.25) is 0 Å². The quantitative estimate of drug-likeness (QED) is 0.173. The lowest BCUT2D eigenvalue weighted by atomic mass is 10.2. The summed E-state index contributed by atoms with van der Waals surface area (Å²) in [6, 6.07) is 20.4. The van der Waals surface area contributed by atoms with Crippen molar-refractivity contribution in [1.82, 2.24) is 24.4 Å². The molecule has 0 spiro atoms. The van der Waals surface area contributed by atoms with Crippen LogP contribution in [-0.4, -0.2) is 64.8 Å². The molecule has 0 saturated heterocycles. The van der Waals surface area contributed by atoms with Crippen molar-refractivity contribution < 1.29 is 22.7 Å². The van der Waals surface area contributed by atoms with Gasteiger partial charge in [-0.3, -0.25) is 14.2 Å². The average molecular weight is 702 g/mol.